The Balaban J connectivity index is 1.80. The van der Waals surface area contributed by atoms with Gasteiger partial charge in [0.1, 0.15) is 11.6 Å². The molecule has 0 aliphatic carbocycles. The van der Waals surface area contributed by atoms with Crippen LogP contribution in [0.5, 0.6) is 5.75 Å². The van der Waals surface area contributed by atoms with Crippen molar-refractivity contribution in [2.45, 2.75) is 13.0 Å². The van der Waals surface area contributed by atoms with Crippen LogP contribution in [0.15, 0.2) is 53.1 Å². The lowest BCUT2D eigenvalue weighted by atomic mass is 10.0. The van der Waals surface area contributed by atoms with Crippen molar-refractivity contribution >= 4 is 17.9 Å². The van der Waals surface area contributed by atoms with Gasteiger partial charge in [-0.15, -0.1) is 5.10 Å². The Kier molecular flexibility index (Phi) is 6.21. The van der Waals surface area contributed by atoms with Gasteiger partial charge in [0, 0.05) is 31.0 Å². The molecule has 1 atom stereocenters. The van der Waals surface area contributed by atoms with Crippen LogP contribution in [0.4, 0.5) is 20.4 Å². The summed E-state index contributed by atoms with van der Waals surface area (Å²) in [5.41, 5.74) is 6.42. The summed E-state index contributed by atoms with van der Waals surface area (Å²) in [6.07, 6.45) is 4.68. The van der Waals surface area contributed by atoms with Gasteiger partial charge in [0.25, 0.3) is 0 Å². The van der Waals surface area contributed by atoms with E-state index in [1.165, 1.54) is 6.20 Å². The molecule has 142 valence electrons. The predicted molar refractivity (Wildman–Crippen MR) is 94.8 cm³/mol. The first kappa shape index (κ1) is 18.6. The van der Waals surface area contributed by atoms with E-state index in [1.54, 1.807) is 30.5 Å². The van der Waals surface area contributed by atoms with Gasteiger partial charge in [-0.2, -0.15) is 13.9 Å². The second kappa shape index (κ2) is 8.99. The summed E-state index contributed by atoms with van der Waals surface area (Å²) in [7, 11) is 0. The Morgan fingerprint density at radius 1 is 1.37 bits per heavy atom. The summed E-state index contributed by atoms with van der Waals surface area (Å²) in [6.45, 7) is -1.88. The van der Waals surface area contributed by atoms with Crippen molar-refractivity contribution in [2.75, 3.05) is 18.5 Å². The second-order valence-corrected chi connectivity index (χ2v) is 5.65. The van der Waals surface area contributed by atoms with Gasteiger partial charge in [-0.05, 0) is 24.6 Å². The first-order valence-corrected chi connectivity index (χ1v) is 8.19. The number of aromatic nitrogens is 3. The topological polar surface area (TPSA) is 108 Å². The molecular weight excluding hydrogens is 358 g/mol. The lowest BCUT2D eigenvalue weighted by Crippen LogP contribution is -2.18. The van der Waals surface area contributed by atoms with E-state index in [0.29, 0.717) is 42.7 Å². The number of alkyl halides is 2. The fourth-order valence-corrected chi connectivity index (χ4v) is 2.43. The van der Waals surface area contributed by atoms with Crippen molar-refractivity contribution in [3.63, 3.8) is 0 Å². The molecule has 3 heterocycles. The maximum absolute atomic E-state index is 12.5. The van der Waals surface area contributed by atoms with Gasteiger partial charge < -0.3 is 20.5 Å². The Morgan fingerprint density at radius 3 is 2.96 bits per heavy atom. The van der Waals surface area contributed by atoms with Crippen molar-refractivity contribution < 1.29 is 18.3 Å². The molecule has 1 aliphatic rings. The van der Waals surface area contributed by atoms with E-state index in [9.17, 15) is 8.78 Å². The molecule has 1 aliphatic heterocycles. The lowest BCUT2D eigenvalue weighted by molar-refractivity contribution is 0.160. The van der Waals surface area contributed by atoms with Crippen molar-refractivity contribution in [1.82, 2.24) is 15.2 Å². The van der Waals surface area contributed by atoms with Crippen LogP contribution in [0.25, 0.3) is 0 Å². The molecule has 2 aromatic rings. The van der Waals surface area contributed by atoms with Crippen LogP contribution in [0.1, 0.15) is 6.42 Å². The average Bonchev–Trinajstić information content (AvgIpc) is 3.20. The summed E-state index contributed by atoms with van der Waals surface area (Å²) in [4.78, 5) is 7.25. The fourth-order valence-electron chi connectivity index (χ4n) is 2.43. The number of aliphatic imine (C=N–C) groups is 1. The highest BCUT2D eigenvalue weighted by Gasteiger charge is 2.22. The zero-order chi connectivity index (χ0) is 19.1. The molecule has 1 unspecified atom stereocenters. The summed E-state index contributed by atoms with van der Waals surface area (Å²) in [5.74, 6) is 1.25. The molecule has 27 heavy (non-hydrogen) atoms. The number of nitrogens with two attached hydrogens (primary N) is 1. The molecule has 0 bridgehead atoms. The minimum atomic E-state index is -2.86. The standard InChI is InChI=1S/C17H18F2N6O2/c18-17(19)22-9-13(16(20)11-4-7-26-10-11)27-12-3-6-21-15(8-12)24-14-2-1-5-23-25-14/h1-3,5-6,8-9,11,17H,4,7,10,20H2,(H,21,24,25). The number of nitrogens with zero attached hydrogens (tertiary/aromatic N) is 4. The summed E-state index contributed by atoms with van der Waals surface area (Å²) in [5, 5.41) is 10.6. The van der Waals surface area contributed by atoms with E-state index in [-0.39, 0.29) is 11.7 Å². The van der Waals surface area contributed by atoms with Gasteiger partial charge in [0.05, 0.1) is 18.5 Å². The number of pyridine rings is 1. The fraction of sp³-hybridized carbons (Fsp3) is 0.294. The van der Waals surface area contributed by atoms with Gasteiger partial charge in [-0.25, -0.2) is 9.98 Å². The van der Waals surface area contributed by atoms with E-state index >= 15 is 0 Å². The normalized spacial score (nSPS) is 18.0. The Hall–Kier alpha value is -3.14. The molecule has 10 heteroatoms. The molecule has 0 spiro atoms. The number of allylic oxidation sites excluding steroid dienone is 1. The molecular formula is C17H18F2N6O2. The SMILES string of the molecule is NC(=C(C=NC(F)F)Oc1ccnc(Nc2cccnn2)c1)C1CCOC1. The number of hydrogen-bond donors (Lipinski definition) is 2. The van der Waals surface area contributed by atoms with E-state index in [4.69, 9.17) is 15.2 Å². The Bertz CT molecular complexity index is 810. The first-order chi connectivity index (χ1) is 13.1. The molecule has 8 nitrogen and oxygen atoms in total. The van der Waals surface area contributed by atoms with Crippen LogP contribution in [0.3, 0.4) is 0 Å². The lowest BCUT2D eigenvalue weighted by Gasteiger charge is -2.14. The molecule has 0 amide bonds. The third-order valence-electron chi connectivity index (χ3n) is 3.75. The van der Waals surface area contributed by atoms with Gasteiger partial charge in [0.15, 0.2) is 11.6 Å². The van der Waals surface area contributed by atoms with Gasteiger partial charge in [0.2, 0.25) is 0 Å². The van der Waals surface area contributed by atoms with Crippen LogP contribution in [0, 0.1) is 5.92 Å². The second-order valence-electron chi connectivity index (χ2n) is 5.65. The maximum Gasteiger partial charge on any atom is 0.331 e. The van der Waals surface area contributed by atoms with Crippen molar-refractivity contribution in [1.29, 1.82) is 0 Å². The summed E-state index contributed by atoms with van der Waals surface area (Å²) < 4.78 is 36.0. The number of anilines is 2. The molecule has 0 saturated carbocycles. The number of halogens is 2. The zero-order valence-electron chi connectivity index (χ0n) is 14.3. The van der Waals surface area contributed by atoms with Gasteiger partial charge in [-0.3, -0.25) is 0 Å². The quantitative estimate of drug-likeness (QED) is 0.434. The number of hydrogen-bond acceptors (Lipinski definition) is 8. The monoisotopic (exact) mass is 376 g/mol. The third-order valence-corrected chi connectivity index (χ3v) is 3.75. The Morgan fingerprint density at radius 2 is 2.26 bits per heavy atom. The third kappa shape index (κ3) is 5.42. The predicted octanol–water partition coefficient (Wildman–Crippen LogP) is 2.49. The zero-order valence-corrected chi connectivity index (χ0v) is 14.3. The molecule has 1 fully saturated rings. The molecule has 3 rings (SSSR count). The first-order valence-electron chi connectivity index (χ1n) is 8.19. The molecule has 2 aromatic heterocycles. The van der Waals surface area contributed by atoms with E-state index < -0.39 is 6.55 Å². The molecule has 3 N–H and O–H groups in total. The van der Waals surface area contributed by atoms with E-state index in [0.717, 1.165) is 6.21 Å². The molecule has 0 aromatic carbocycles. The van der Waals surface area contributed by atoms with Crippen molar-refractivity contribution in [3.05, 3.63) is 48.1 Å². The Labute approximate surface area is 154 Å². The minimum Gasteiger partial charge on any atom is -0.454 e. The van der Waals surface area contributed by atoms with Crippen molar-refractivity contribution in [2.24, 2.45) is 16.6 Å². The van der Waals surface area contributed by atoms with E-state index in [1.807, 2.05) is 0 Å². The highest BCUT2D eigenvalue weighted by molar-refractivity contribution is 5.78. The number of nitrogens with one attached hydrogen (secondary N) is 1. The van der Waals surface area contributed by atoms with Crippen LogP contribution in [0.2, 0.25) is 0 Å². The van der Waals surface area contributed by atoms with Crippen LogP contribution in [-0.2, 0) is 4.74 Å². The maximum atomic E-state index is 12.5. The van der Waals surface area contributed by atoms with E-state index in [2.05, 4.69) is 25.5 Å². The summed E-state index contributed by atoms with van der Waals surface area (Å²) >= 11 is 0. The molecule has 0 radical (unpaired) electrons. The smallest absolute Gasteiger partial charge is 0.331 e. The highest BCUT2D eigenvalue weighted by atomic mass is 19.3. The molecule has 1 saturated heterocycles. The summed E-state index contributed by atoms with van der Waals surface area (Å²) in [6, 6.07) is 6.61. The average molecular weight is 376 g/mol. The van der Waals surface area contributed by atoms with Crippen LogP contribution >= 0.6 is 0 Å². The minimum absolute atomic E-state index is 0.0578. The van der Waals surface area contributed by atoms with Crippen LogP contribution in [-0.4, -0.2) is 41.2 Å². The highest BCUT2D eigenvalue weighted by Crippen LogP contribution is 2.24. The number of ether oxygens (including phenoxy) is 2. The largest absolute Gasteiger partial charge is 0.454 e. The van der Waals surface area contributed by atoms with Gasteiger partial charge >= 0.3 is 6.55 Å². The van der Waals surface area contributed by atoms with Crippen molar-refractivity contribution in [3.8, 4) is 5.75 Å². The van der Waals surface area contributed by atoms with Crippen LogP contribution < -0.4 is 15.8 Å². The van der Waals surface area contributed by atoms with Gasteiger partial charge in [-0.1, -0.05) is 0 Å². The number of rotatable bonds is 7.